The Hall–Kier alpha value is -2.65. The first kappa shape index (κ1) is 22.0. The highest BCUT2D eigenvalue weighted by molar-refractivity contribution is 7.89. The zero-order chi connectivity index (χ0) is 22.1. The van der Waals surface area contributed by atoms with E-state index >= 15 is 0 Å². The van der Waals surface area contributed by atoms with Crippen molar-refractivity contribution in [3.8, 4) is 5.75 Å². The van der Waals surface area contributed by atoms with Crippen LogP contribution in [0.5, 0.6) is 5.75 Å². The SMILES string of the molecule is [C-]#[N+]c1ccc(O[C@H]2CN(S(=O)(=O)c3ccc(C(F)F)cc3)C[C@@]2(O)CO)cc1F. The van der Waals surface area contributed by atoms with Crippen LogP contribution in [0, 0.1) is 12.4 Å². The normalized spacial score (nSPS) is 22.2. The largest absolute Gasteiger partial charge is 0.486 e. The maximum absolute atomic E-state index is 13.8. The molecule has 0 radical (unpaired) electrons. The van der Waals surface area contributed by atoms with Gasteiger partial charge in [0.05, 0.1) is 24.6 Å². The molecule has 1 saturated heterocycles. The number of benzene rings is 2. The summed E-state index contributed by atoms with van der Waals surface area (Å²) in [4.78, 5) is 2.71. The first-order valence-electron chi connectivity index (χ1n) is 8.66. The van der Waals surface area contributed by atoms with Crippen molar-refractivity contribution in [2.45, 2.75) is 23.0 Å². The molecular weight excluding hydrogens is 425 g/mol. The summed E-state index contributed by atoms with van der Waals surface area (Å²) < 4.78 is 71.3. The van der Waals surface area contributed by atoms with Gasteiger partial charge in [-0.2, -0.15) is 4.31 Å². The maximum Gasteiger partial charge on any atom is 0.263 e. The van der Waals surface area contributed by atoms with E-state index in [4.69, 9.17) is 11.3 Å². The fourth-order valence-corrected chi connectivity index (χ4v) is 4.56. The van der Waals surface area contributed by atoms with Crippen LogP contribution in [-0.4, -0.2) is 54.3 Å². The zero-order valence-corrected chi connectivity index (χ0v) is 16.2. The summed E-state index contributed by atoms with van der Waals surface area (Å²) >= 11 is 0. The van der Waals surface area contributed by atoms with E-state index in [9.17, 15) is 31.8 Å². The lowest BCUT2D eigenvalue weighted by molar-refractivity contribution is -0.0641. The molecule has 1 aliphatic rings. The van der Waals surface area contributed by atoms with Gasteiger partial charge in [-0.3, -0.25) is 0 Å². The van der Waals surface area contributed by atoms with E-state index in [0.29, 0.717) is 0 Å². The molecule has 1 heterocycles. The minimum Gasteiger partial charge on any atom is -0.486 e. The summed E-state index contributed by atoms with van der Waals surface area (Å²) in [6.07, 6.45) is -3.99. The monoisotopic (exact) mass is 442 g/mol. The smallest absolute Gasteiger partial charge is 0.263 e. The molecule has 3 rings (SSSR count). The maximum atomic E-state index is 13.8. The van der Waals surface area contributed by atoms with Crippen molar-refractivity contribution in [2.24, 2.45) is 0 Å². The Kier molecular flexibility index (Phi) is 6.05. The fourth-order valence-electron chi connectivity index (χ4n) is 3.06. The molecule has 0 saturated carbocycles. The Balaban J connectivity index is 1.85. The molecule has 0 amide bonds. The van der Waals surface area contributed by atoms with Gasteiger partial charge in [0.15, 0.2) is 0 Å². The van der Waals surface area contributed by atoms with Crippen LogP contribution in [0.25, 0.3) is 4.85 Å². The van der Waals surface area contributed by atoms with Crippen molar-refractivity contribution in [3.05, 3.63) is 65.3 Å². The Bertz CT molecular complexity index is 1070. The average Bonchev–Trinajstić information content (AvgIpc) is 3.06. The third kappa shape index (κ3) is 4.13. The second-order valence-electron chi connectivity index (χ2n) is 6.76. The van der Waals surface area contributed by atoms with Gasteiger partial charge in [-0.25, -0.2) is 26.4 Å². The quantitative estimate of drug-likeness (QED) is 0.671. The Morgan fingerprint density at radius 3 is 2.47 bits per heavy atom. The number of nitrogens with zero attached hydrogens (tertiary/aromatic N) is 2. The van der Waals surface area contributed by atoms with Gasteiger partial charge in [-0.05, 0) is 24.3 Å². The highest BCUT2D eigenvalue weighted by atomic mass is 32.2. The Morgan fingerprint density at radius 1 is 1.27 bits per heavy atom. The molecule has 11 heteroatoms. The van der Waals surface area contributed by atoms with Gasteiger partial charge >= 0.3 is 0 Å². The lowest BCUT2D eigenvalue weighted by Crippen LogP contribution is -2.48. The molecule has 2 aromatic rings. The number of ether oxygens (including phenoxy) is 1. The van der Waals surface area contributed by atoms with Crippen LogP contribution in [0.1, 0.15) is 12.0 Å². The molecule has 0 unspecified atom stereocenters. The van der Waals surface area contributed by atoms with Crippen molar-refractivity contribution in [3.63, 3.8) is 0 Å². The molecule has 160 valence electrons. The number of rotatable bonds is 6. The van der Waals surface area contributed by atoms with Gasteiger partial charge in [0.1, 0.15) is 23.3 Å². The van der Waals surface area contributed by atoms with Gasteiger partial charge in [-0.1, -0.05) is 12.1 Å². The van der Waals surface area contributed by atoms with Gasteiger partial charge in [0.25, 0.3) is 6.43 Å². The predicted molar refractivity (Wildman–Crippen MR) is 99.3 cm³/mol. The lowest BCUT2D eigenvalue weighted by atomic mass is 10.0. The van der Waals surface area contributed by atoms with E-state index in [1.807, 2.05) is 0 Å². The highest BCUT2D eigenvalue weighted by Crippen LogP contribution is 2.32. The van der Waals surface area contributed by atoms with Crippen LogP contribution in [0.2, 0.25) is 0 Å². The number of hydrogen-bond acceptors (Lipinski definition) is 5. The van der Waals surface area contributed by atoms with E-state index in [0.717, 1.165) is 34.6 Å². The van der Waals surface area contributed by atoms with Crippen LogP contribution in [0.15, 0.2) is 47.4 Å². The minimum absolute atomic E-state index is 0.0580. The first-order valence-corrected chi connectivity index (χ1v) is 10.1. The molecule has 0 aromatic heterocycles. The molecule has 0 aliphatic carbocycles. The summed E-state index contributed by atoms with van der Waals surface area (Å²) in [5, 5.41) is 20.3. The molecule has 2 atom stereocenters. The summed E-state index contributed by atoms with van der Waals surface area (Å²) in [5.41, 5.74) is -2.55. The zero-order valence-electron chi connectivity index (χ0n) is 15.4. The fraction of sp³-hybridized carbons (Fsp3) is 0.316. The van der Waals surface area contributed by atoms with Crippen molar-refractivity contribution < 1.29 is 36.5 Å². The molecular formula is C19H17F3N2O5S. The van der Waals surface area contributed by atoms with Crippen molar-refractivity contribution >= 4 is 15.7 Å². The average molecular weight is 442 g/mol. The number of halogens is 3. The van der Waals surface area contributed by atoms with E-state index in [-0.39, 0.29) is 28.4 Å². The molecule has 2 aromatic carbocycles. The third-order valence-electron chi connectivity index (χ3n) is 4.78. The van der Waals surface area contributed by atoms with E-state index < -0.39 is 47.1 Å². The summed E-state index contributed by atoms with van der Waals surface area (Å²) in [6, 6.07) is 7.41. The van der Waals surface area contributed by atoms with E-state index in [1.54, 1.807) is 0 Å². The van der Waals surface area contributed by atoms with E-state index in [2.05, 4.69) is 4.85 Å². The highest BCUT2D eigenvalue weighted by Gasteiger charge is 2.50. The number of alkyl halides is 2. The van der Waals surface area contributed by atoms with Crippen LogP contribution < -0.4 is 4.74 Å². The van der Waals surface area contributed by atoms with E-state index in [1.165, 1.54) is 12.1 Å². The van der Waals surface area contributed by atoms with Gasteiger partial charge < -0.3 is 14.9 Å². The number of aliphatic hydroxyl groups is 2. The number of hydrogen-bond donors (Lipinski definition) is 2. The molecule has 1 fully saturated rings. The molecule has 0 spiro atoms. The summed E-state index contributed by atoms with van der Waals surface area (Å²) in [5.74, 6) is -0.908. The molecule has 7 nitrogen and oxygen atoms in total. The van der Waals surface area contributed by atoms with Crippen molar-refractivity contribution in [1.82, 2.24) is 4.31 Å². The number of sulfonamides is 1. The van der Waals surface area contributed by atoms with Crippen molar-refractivity contribution in [2.75, 3.05) is 19.7 Å². The topological polar surface area (TPSA) is 91.4 Å². The van der Waals surface area contributed by atoms with Crippen LogP contribution >= 0.6 is 0 Å². The third-order valence-corrected chi connectivity index (χ3v) is 6.61. The Morgan fingerprint density at radius 2 is 1.93 bits per heavy atom. The molecule has 1 aliphatic heterocycles. The molecule has 30 heavy (non-hydrogen) atoms. The Labute approximate surface area is 170 Å². The number of aliphatic hydroxyl groups excluding tert-OH is 1. The predicted octanol–water partition coefficient (Wildman–Crippen LogP) is 2.49. The standard InChI is InChI=1S/C19H17F3N2O5S/c1-23-16-7-4-13(8-15(16)20)29-17-9-24(10-19(17,26)11-25)30(27,28)14-5-2-12(3-6-14)18(21)22/h2-8,17-18,25-26H,9-11H2/t17-,19+/m0/s1. The molecule has 2 N–H and O–H groups in total. The lowest BCUT2D eigenvalue weighted by Gasteiger charge is -2.27. The second-order valence-corrected chi connectivity index (χ2v) is 8.70. The molecule has 0 bridgehead atoms. The van der Waals surface area contributed by atoms with Gasteiger partial charge in [-0.15, -0.1) is 0 Å². The van der Waals surface area contributed by atoms with Gasteiger partial charge in [0.2, 0.25) is 15.7 Å². The summed E-state index contributed by atoms with van der Waals surface area (Å²) in [6.45, 7) is 5.11. The second kappa shape index (κ2) is 8.23. The summed E-state index contributed by atoms with van der Waals surface area (Å²) in [7, 11) is -4.18. The minimum atomic E-state index is -4.18. The van der Waals surface area contributed by atoms with Crippen LogP contribution in [-0.2, 0) is 10.0 Å². The van der Waals surface area contributed by atoms with Gasteiger partial charge in [0, 0.05) is 18.2 Å². The van der Waals surface area contributed by atoms with Crippen molar-refractivity contribution in [1.29, 1.82) is 0 Å². The first-order chi connectivity index (χ1) is 14.1. The van der Waals surface area contributed by atoms with Crippen LogP contribution in [0.4, 0.5) is 18.9 Å². The number of β-amino-alcohol motifs (C(OH)–C–C–N with tert-alkyl or cyclic N) is 1. The van der Waals surface area contributed by atoms with Crippen LogP contribution in [0.3, 0.4) is 0 Å².